The highest BCUT2D eigenvalue weighted by Crippen LogP contribution is 2.20. The molecule has 0 aliphatic carbocycles. The van der Waals surface area contributed by atoms with Crippen molar-refractivity contribution in [3.8, 4) is 0 Å². The maximum absolute atomic E-state index is 11.9. The fourth-order valence-corrected chi connectivity index (χ4v) is 3.36. The van der Waals surface area contributed by atoms with Gasteiger partial charge >= 0.3 is 5.97 Å². The Hall–Kier alpha value is -0.920. The van der Waals surface area contributed by atoms with Gasteiger partial charge in [-0.3, -0.25) is 0 Å². The van der Waals surface area contributed by atoms with Gasteiger partial charge in [-0.1, -0.05) is 20.8 Å². The van der Waals surface area contributed by atoms with Crippen molar-refractivity contribution >= 4 is 27.3 Å². The SMILES string of the molecule is CC(C)(C)CCNS(=O)(=O)c1csc(C(=O)O)c1. The predicted molar refractivity (Wildman–Crippen MR) is 70.5 cm³/mol. The Kier molecular flexibility index (Phi) is 4.52. The third-order valence-corrected chi connectivity index (χ3v) is 4.77. The molecule has 1 rings (SSSR count). The molecule has 18 heavy (non-hydrogen) atoms. The van der Waals surface area contributed by atoms with Gasteiger partial charge in [0.05, 0.1) is 4.90 Å². The van der Waals surface area contributed by atoms with Crippen molar-refractivity contribution in [3.63, 3.8) is 0 Å². The molecule has 0 radical (unpaired) electrons. The molecule has 102 valence electrons. The highest BCUT2D eigenvalue weighted by atomic mass is 32.2. The van der Waals surface area contributed by atoms with E-state index in [-0.39, 0.29) is 15.2 Å². The molecule has 0 saturated heterocycles. The Morgan fingerprint density at radius 1 is 1.44 bits per heavy atom. The van der Waals surface area contributed by atoms with Crippen molar-refractivity contribution in [3.05, 3.63) is 16.3 Å². The molecule has 0 bridgehead atoms. The quantitative estimate of drug-likeness (QED) is 0.870. The maximum atomic E-state index is 11.9. The Morgan fingerprint density at radius 3 is 2.50 bits per heavy atom. The molecule has 0 unspecified atom stereocenters. The minimum absolute atomic E-state index is 0.0128. The Labute approximate surface area is 111 Å². The van der Waals surface area contributed by atoms with Gasteiger partial charge in [-0.2, -0.15) is 0 Å². The van der Waals surface area contributed by atoms with E-state index in [0.717, 1.165) is 11.3 Å². The lowest BCUT2D eigenvalue weighted by Crippen LogP contribution is -2.27. The third kappa shape index (κ3) is 4.40. The lowest BCUT2D eigenvalue weighted by atomic mass is 9.93. The number of thiophene rings is 1. The van der Waals surface area contributed by atoms with E-state index in [0.29, 0.717) is 13.0 Å². The summed E-state index contributed by atoms with van der Waals surface area (Å²) in [7, 11) is -3.60. The number of rotatable bonds is 5. The summed E-state index contributed by atoms with van der Waals surface area (Å²) < 4.78 is 26.2. The van der Waals surface area contributed by atoms with Gasteiger partial charge < -0.3 is 5.11 Å². The highest BCUT2D eigenvalue weighted by molar-refractivity contribution is 7.89. The summed E-state index contributed by atoms with van der Waals surface area (Å²) >= 11 is 0.905. The number of hydrogen-bond donors (Lipinski definition) is 2. The monoisotopic (exact) mass is 291 g/mol. The lowest BCUT2D eigenvalue weighted by Gasteiger charge is -2.17. The van der Waals surface area contributed by atoms with Gasteiger partial charge in [0.25, 0.3) is 0 Å². The average Bonchev–Trinajstić information content (AvgIpc) is 2.63. The zero-order valence-electron chi connectivity index (χ0n) is 10.6. The highest BCUT2D eigenvalue weighted by Gasteiger charge is 2.19. The van der Waals surface area contributed by atoms with Crippen LogP contribution in [0.15, 0.2) is 16.3 Å². The minimum Gasteiger partial charge on any atom is -0.477 e. The van der Waals surface area contributed by atoms with Crippen LogP contribution in [-0.4, -0.2) is 26.0 Å². The normalized spacial score (nSPS) is 12.6. The number of carbonyl (C=O) groups is 1. The molecule has 0 aromatic carbocycles. The van der Waals surface area contributed by atoms with Gasteiger partial charge in [0.1, 0.15) is 4.88 Å². The first kappa shape index (κ1) is 15.1. The molecular weight excluding hydrogens is 274 g/mol. The first-order chi connectivity index (χ1) is 8.12. The van der Waals surface area contributed by atoms with Crippen LogP contribution in [0.25, 0.3) is 0 Å². The summed E-state index contributed by atoms with van der Waals surface area (Å²) in [6.07, 6.45) is 0.710. The second-order valence-corrected chi connectivity index (χ2v) is 7.84. The van der Waals surface area contributed by atoms with E-state index in [9.17, 15) is 13.2 Å². The van der Waals surface area contributed by atoms with Crippen LogP contribution in [0.4, 0.5) is 0 Å². The van der Waals surface area contributed by atoms with E-state index in [1.807, 2.05) is 20.8 Å². The standard InChI is InChI=1S/C11H17NO4S2/c1-11(2,3)4-5-12-18(15,16)8-6-9(10(13)14)17-7-8/h6-7,12H,4-5H2,1-3H3,(H,13,14). The first-order valence-electron chi connectivity index (χ1n) is 5.43. The van der Waals surface area contributed by atoms with Crippen LogP contribution in [0.3, 0.4) is 0 Å². The van der Waals surface area contributed by atoms with E-state index in [2.05, 4.69) is 4.72 Å². The maximum Gasteiger partial charge on any atom is 0.345 e. The second kappa shape index (κ2) is 5.38. The Bertz CT molecular complexity index is 525. The Morgan fingerprint density at radius 2 is 2.06 bits per heavy atom. The van der Waals surface area contributed by atoms with Crippen molar-refractivity contribution < 1.29 is 18.3 Å². The lowest BCUT2D eigenvalue weighted by molar-refractivity contribution is 0.0702. The van der Waals surface area contributed by atoms with Crippen LogP contribution >= 0.6 is 11.3 Å². The van der Waals surface area contributed by atoms with Crippen LogP contribution in [0.5, 0.6) is 0 Å². The van der Waals surface area contributed by atoms with E-state index in [1.165, 1.54) is 11.4 Å². The molecule has 7 heteroatoms. The number of sulfonamides is 1. The smallest absolute Gasteiger partial charge is 0.345 e. The fraction of sp³-hybridized carbons (Fsp3) is 0.545. The van der Waals surface area contributed by atoms with Crippen molar-refractivity contribution in [1.82, 2.24) is 4.72 Å². The third-order valence-electron chi connectivity index (χ3n) is 2.26. The molecule has 0 aliphatic heterocycles. The largest absolute Gasteiger partial charge is 0.477 e. The molecule has 0 saturated carbocycles. The van der Waals surface area contributed by atoms with Crippen molar-refractivity contribution in [1.29, 1.82) is 0 Å². The zero-order chi connectivity index (χ0) is 14.0. The number of aromatic carboxylic acids is 1. The van der Waals surface area contributed by atoms with Gasteiger partial charge in [0, 0.05) is 11.9 Å². The van der Waals surface area contributed by atoms with Crippen molar-refractivity contribution in [2.24, 2.45) is 5.41 Å². The molecule has 1 heterocycles. The molecule has 0 spiro atoms. The molecule has 0 fully saturated rings. The van der Waals surface area contributed by atoms with E-state index in [4.69, 9.17) is 5.11 Å². The summed E-state index contributed by atoms with van der Waals surface area (Å²) in [5.74, 6) is -1.11. The van der Waals surface area contributed by atoms with Crippen LogP contribution in [-0.2, 0) is 10.0 Å². The van der Waals surface area contributed by atoms with Crippen LogP contribution < -0.4 is 4.72 Å². The molecule has 0 aliphatic rings. The predicted octanol–water partition coefficient (Wildman–Crippen LogP) is 2.16. The number of hydrogen-bond acceptors (Lipinski definition) is 4. The van der Waals surface area contributed by atoms with Crippen LogP contribution in [0.2, 0.25) is 0 Å². The minimum atomic E-state index is -3.60. The summed E-state index contributed by atoms with van der Waals surface area (Å²) in [6, 6.07) is 1.17. The first-order valence-corrected chi connectivity index (χ1v) is 7.80. The van der Waals surface area contributed by atoms with Crippen LogP contribution in [0, 0.1) is 5.41 Å². The molecule has 0 amide bonds. The summed E-state index contributed by atoms with van der Waals surface area (Å²) in [5.41, 5.74) is 0.0450. The number of carboxylic acid groups (broad SMARTS) is 1. The summed E-state index contributed by atoms with van der Waals surface area (Å²) in [5, 5.41) is 10.1. The molecular formula is C11H17NO4S2. The molecule has 1 aromatic heterocycles. The summed E-state index contributed by atoms with van der Waals surface area (Å²) in [4.78, 5) is 10.7. The zero-order valence-corrected chi connectivity index (χ0v) is 12.2. The van der Waals surface area contributed by atoms with Crippen molar-refractivity contribution in [2.75, 3.05) is 6.54 Å². The van der Waals surface area contributed by atoms with E-state index >= 15 is 0 Å². The Balaban J connectivity index is 2.71. The van der Waals surface area contributed by atoms with E-state index < -0.39 is 16.0 Å². The van der Waals surface area contributed by atoms with Gasteiger partial charge in [-0.15, -0.1) is 11.3 Å². The molecule has 0 atom stereocenters. The second-order valence-electron chi connectivity index (χ2n) is 5.16. The van der Waals surface area contributed by atoms with Gasteiger partial charge in [0.2, 0.25) is 10.0 Å². The average molecular weight is 291 g/mol. The number of nitrogens with one attached hydrogen (secondary N) is 1. The molecule has 2 N–H and O–H groups in total. The molecule has 5 nitrogen and oxygen atoms in total. The molecule has 1 aromatic rings. The van der Waals surface area contributed by atoms with E-state index in [1.54, 1.807) is 0 Å². The number of carboxylic acids is 1. The topological polar surface area (TPSA) is 83.5 Å². The van der Waals surface area contributed by atoms with Crippen LogP contribution in [0.1, 0.15) is 36.9 Å². The van der Waals surface area contributed by atoms with Gasteiger partial charge in [-0.05, 0) is 17.9 Å². The van der Waals surface area contributed by atoms with Gasteiger partial charge in [-0.25, -0.2) is 17.9 Å². The summed E-state index contributed by atoms with van der Waals surface area (Å²) in [6.45, 7) is 6.40. The fourth-order valence-electron chi connectivity index (χ4n) is 1.22. The van der Waals surface area contributed by atoms with Crippen molar-refractivity contribution in [2.45, 2.75) is 32.1 Å². The van der Waals surface area contributed by atoms with Gasteiger partial charge in [0.15, 0.2) is 0 Å².